The summed E-state index contributed by atoms with van der Waals surface area (Å²) in [7, 11) is 0. The van der Waals surface area contributed by atoms with Gasteiger partial charge in [0.1, 0.15) is 5.15 Å². The van der Waals surface area contributed by atoms with Gasteiger partial charge in [0.05, 0.1) is 30.1 Å². The molecule has 3 aromatic rings. The smallest absolute Gasteiger partial charge is 0.136 e. The fourth-order valence-electron chi connectivity index (χ4n) is 2.27. The Kier molecular flexibility index (Phi) is 5.97. The minimum Gasteiger partial charge on any atom is -0.243 e. The number of halogens is 7. The number of nitrogens with zero attached hydrogens (tertiary/aromatic N) is 1. The molecule has 128 valence electrons. The zero-order valence-electron chi connectivity index (χ0n) is 12.1. The highest BCUT2D eigenvalue weighted by molar-refractivity contribution is 6.50. The van der Waals surface area contributed by atoms with E-state index in [9.17, 15) is 0 Å². The number of aromatic nitrogens is 1. The maximum absolute atomic E-state index is 6.31. The molecule has 0 saturated heterocycles. The Bertz CT molecular complexity index is 985. The predicted octanol–water partition coefficient (Wildman–Crippen LogP) is 8.99. The Balaban J connectivity index is 2.21. The first kappa shape index (κ1) is 19.4. The van der Waals surface area contributed by atoms with Crippen molar-refractivity contribution in [3.63, 3.8) is 0 Å². The van der Waals surface area contributed by atoms with E-state index in [1.807, 2.05) is 0 Å². The van der Waals surface area contributed by atoms with Crippen LogP contribution in [-0.4, -0.2) is 4.98 Å². The van der Waals surface area contributed by atoms with Gasteiger partial charge in [-0.2, -0.15) is 0 Å². The first-order chi connectivity index (χ1) is 11.8. The zero-order valence-corrected chi connectivity index (χ0v) is 17.3. The van der Waals surface area contributed by atoms with Gasteiger partial charge in [-0.25, -0.2) is 4.98 Å². The van der Waals surface area contributed by atoms with E-state index in [4.69, 9.17) is 81.2 Å². The van der Waals surface area contributed by atoms with E-state index in [2.05, 4.69) is 4.98 Å². The summed E-state index contributed by atoms with van der Waals surface area (Å²) in [6.45, 7) is 0. The summed E-state index contributed by atoms with van der Waals surface area (Å²) in [4.78, 5) is 4.21. The van der Waals surface area contributed by atoms with E-state index in [1.54, 1.807) is 36.5 Å². The van der Waals surface area contributed by atoms with Crippen LogP contribution in [0.4, 0.5) is 0 Å². The molecular weight excluding hydrogens is 466 g/mol. The Hall–Kier alpha value is -0.380. The molecule has 0 saturated carbocycles. The lowest BCUT2D eigenvalue weighted by atomic mass is 10.0. The van der Waals surface area contributed by atoms with Crippen molar-refractivity contribution in [2.75, 3.05) is 0 Å². The predicted molar refractivity (Wildman–Crippen MR) is 110 cm³/mol. The Morgan fingerprint density at radius 2 is 1.08 bits per heavy atom. The highest BCUT2D eigenvalue weighted by Crippen LogP contribution is 2.43. The number of hydrogen-bond donors (Lipinski definition) is 0. The minimum atomic E-state index is 0.245. The van der Waals surface area contributed by atoms with Gasteiger partial charge in [0.25, 0.3) is 0 Å². The van der Waals surface area contributed by atoms with E-state index in [0.717, 1.165) is 0 Å². The molecule has 0 bridgehead atoms. The van der Waals surface area contributed by atoms with Gasteiger partial charge in [-0.15, -0.1) is 0 Å². The van der Waals surface area contributed by atoms with Crippen LogP contribution in [0.1, 0.15) is 0 Å². The van der Waals surface area contributed by atoms with Crippen LogP contribution in [0.3, 0.4) is 0 Å². The molecule has 1 nitrogen and oxygen atoms in total. The van der Waals surface area contributed by atoms with Crippen molar-refractivity contribution in [1.29, 1.82) is 0 Å². The summed E-state index contributed by atoms with van der Waals surface area (Å²) < 4.78 is 0. The number of benzene rings is 2. The third-order valence-electron chi connectivity index (χ3n) is 3.51. The fourth-order valence-corrected chi connectivity index (χ4v) is 3.75. The molecule has 0 aliphatic heterocycles. The molecule has 0 unspecified atom stereocenters. The molecule has 8 heteroatoms. The summed E-state index contributed by atoms with van der Waals surface area (Å²) in [6, 6.07) is 8.57. The SMILES string of the molecule is Clc1ccc(-c2cnc(Cl)c(-c3ccc(Cl)c(Cl)c3Cl)c2)c(Cl)c1Cl. The fraction of sp³-hybridized carbons (Fsp3) is 0. The van der Waals surface area contributed by atoms with Crippen LogP contribution < -0.4 is 0 Å². The van der Waals surface area contributed by atoms with Crippen LogP contribution >= 0.6 is 81.2 Å². The van der Waals surface area contributed by atoms with Crippen molar-refractivity contribution in [2.24, 2.45) is 0 Å². The molecule has 0 aliphatic carbocycles. The van der Waals surface area contributed by atoms with E-state index in [-0.39, 0.29) is 20.2 Å². The molecule has 0 aliphatic rings. The van der Waals surface area contributed by atoms with Crippen molar-refractivity contribution >= 4 is 81.2 Å². The van der Waals surface area contributed by atoms with Crippen LogP contribution in [0.25, 0.3) is 22.3 Å². The van der Waals surface area contributed by atoms with Crippen molar-refractivity contribution in [2.45, 2.75) is 0 Å². The summed E-state index contributed by atoms with van der Waals surface area (Å²) in [5.74, 6) is 0. The molecule has 3 rings (SSSR count). The molecule has 0 amide bonds. The van der Waals surface area contributed by atoms with Gasteiger partial charge in [-0.1, -0.05) is 93.3 Å². The lowest BCUT2D eigenvalue weighted by Gasteiger charge is -2.12. The van der Waals surface area contributed by atoms with Gasteiger partial charge in [0.15, 0.2) is 0 Å². The van der Waals surface area contributed by atoms with E-state index >= 15 is 0 Å². The maximum Gasteiger partial charge on any atom is 0.136 e. The molecule has 1 aromatic heterocycles. The third-order valence-corrected chi connectivity index (χ3v) is 6.40. The highest BCUT2D eigenvalue weighted by atomic mass is 35.5. The van der Waals surface area contributed by atoms with Crippen LogP contribution in [0.2, 0.25) is 35.3 Å². The van der Waals surface area contributed by atoms with Gasteiger partial charge >= 0.3 is 0 Å². The standard InChI is InChI=1S/C17H6Cl7N/c18-11-3-1-8(13(20)15(11)22)7-5-10(17(24)25-6-7)9-2-4-12(19)16(23)14(9)21/h1-6H. The van der Waals surface area contributed by atoms with Crippen LogP contribution in [0.5, 0.6) is 0 Å². The number of pyridine rings is 1. The average molecular weight is 472 g/mol. The van der Waals surface area contributed by atoms with Gasteiger partial charge in [-0.05, 0) is 18.2 Å². The minimum absolute atomic E-state index is 0.245. The van der Waals surface area contributed by atoms with Gasteiger partial charge < -0.3 is 0 Å². The Labute approximate surface area is 179 Å². The van der Waals surface area contributed by atoms with Gasteiger partial charge in [0, 0.05) is 28.5 Å². The second-order valence-electron chi connectivity index (χ2n) is 5.01. The lowest BCUT2D eigenvalue weighted by molar-refractivity contribution is 1.33. The number of hydrogen-bond acceptors (Lipinski definition) is 1. The first-order valence-corrected chi connectivity index (χ1v) is 9.39. The summed E-state index contributed by atoms with van der Waals surface area (Å²) in [5.41, 5.74) is 2.55. The molecule has 0 atom stereocenters. The highest BCUT2D eigenvalue weighted by Gasteiger charge is 2.17. The first-order valence-electron chi connectivity index (χ1n) is 6.74. The van der Waals surface area contributed by atoms with E-state index in [1.165, 1.54) is 0 Å². The van der Waals surface area contributed by atoms with E-state index < -0.39 is 0 Å². The maximum atomic E-state index is 6.31. The summed E-state index contributed by atoms with van der Waals surface area (Å²) in [6.07, 6.45) is 1.59. The second-order valence-corrected chi connectivity index (χ2v) is 7.69. The van der Waals surface area contributed by atoms with Crippen LogP contribution in [0, 0.1) is 0 Å². The Morgan fingerprint density at radius 3 is 1.68 bits per heavy atom. The largest absolute Gasteiger partial charge is 0.243 e. The second kappa shape index (κ2) is 7.70. The zero-order chi connectivity index (χ0) is 18.3. The van der Waals surface area contributed by atoms with Crippen molar-refractivity contribution in [1.82, 2.24) is 4.98 Å². The van der Waals surface area contributed by atoms with Crippen LogP contribution in [-0.2, 0) is 0 Å². The van der Waals surface area contributed by atoms with Crippen LogP contribution in [0.15, 0.2) is 36.5 Å². The third kappa shape index (κ3) is 3.70. The van der Waals surface area contributed by atoms with Crippen molar-refractivity contribution in [3.8, 4) is 22.3 Å². The van der Waals surface area contributed by atoms with E-state index in [0.29, 0.717) is 37.3 Å². The molecule has 0 N–H and O–H groups in total. The molecule has 1 heterocycles. The molecule has 0 radical (unpaired) electrons. The lowest BCUT2D eigenvalue weighted by Crippen LogP contribution is -1.90. The topological polar surface area (TPSA) is 12.9 Å². The quantitative estimate of drug-likeness (QED) is 0.268. The van der Waals surface area contributed by atoms with Gasteiger partial charge in [0.2, 0.25) is 0 Å². The monoisotopic (exact) mass is 469 g/mol. The van der Waals surface area contributed by atoms with Gasteiger partial charge in [-0.3, -0.25) is 0 Å². The average Bonchev–Trinajstić information content (AvgIpc) is 2.59. The normalized spacial score (nSPS) is 11.0. The number of rotatable bonds is 2. The molecule has 2 aromatic carbocycles. The molecule has 0 fully saturated rings. The molecule has 25 heavy (non-hydrogen) atoms. The molecular formula is C17H6Cl7N. The van der Waals surface area contributed by atoms with Crippen molar-refractivity contribution in [3.05, 3.63) is 71.8 Å². The van der Waals surface area contributed by atoms with Crippen molar-refractivity contribution < 1.29 is 0 Å². The Morgan fingerprint density at radius 1 is 0.560 bits per heavy atom. The summed E-state index contributed by atoms with van der Waals surface area (Å²) in [5, 5.41) is 2.10. The summed E-state index contributed by atoms with van der Waals surface area (Å²) >= 11 is 43.1. The molecule has 0 spiro atoms.